The zero-order chi connectivity index (χ0) is 63.2. The van der Waals surface area contributed by atoms with E-state index >= 15 is 0 Å². The van der Waals surface area contributed by atoms with Gasteiger partial charge in [0.2, 0.25) is 0 Å². The molecule has 0 heterocycles. The van der Waals surface area contributed by atoms with Crippen LogP contribution in [0.1, 0.15) is 178 Å². The van der Waals surface area contributed by atoms with Gasteiger partial charge in [-0.3, -0.25) is 0 Å². The van der Waals surface area contributed by atoms with E-state index in [4.69, 9.17) is 23.7 Å². The molecule has 0 radical (unpaired) electrons. The van der Waals surface area contributed by atoms with Gasteiger partial charge in [0.05, 0.1) is 33.0 Å². The average Bonchev–Trinajstić information content (AvgIpc) is 1.73. The summed E-state index contributed by atoms with van der Waals surface area (Å²) >= 11 is 0. The van der Waals surface area contributed by atoms with Gasteiger partial charge in [0, 0.05) is 27.7 Å². The van der Waals surface area contributed by atoms with Crippen LogP contribution in [-0.4, -0.2) is 67.1 Å². The summed E-state index contributed by atoms with van der Waals surface area (Å²) in [5, 5.41) is 20.7. The minimum atomic E-state index is -0.630. The molecular formula is C76H94O11. The molecule has 0 aliphatic heterocycles. The summed E-state index contributed by atoms with van der Waals surface area (Å²) in [7, 11) is 0. The molecule has 0 spiro atoms. The minimum absolute atomic E-state index is 0.117. The lowest BCUT2D eigenvalue weighted by molar-refractivity contribution is -0.139. The van der Waals surface area contributed by atoms with E-state index in [2.05, 4.69) is 108 Å². The van der Waals surface area contributed by atoms with Crippen LogP contribution in [0, 0.1) is 11.3 Å². The second-order valence-corrected chi connectivity index (χ2v) is 24.0. The lowest BCUT2D eigenvalue weighted by atomic mass is 9.77. The number of aliphatic hydroxyl groups excluding tert-OH is 2. The molecule has 7 rings (SSSR count). The number of benzene rings is 5. The summed E-state index contributed by atoms with van der Waals surface area (Å²) in [6.07, 6.45) is 17.0. The monoisotopic (exact) mass is 1180 g/mol. The third kappa shape index (κ3) is 19.2. The maximum atomic E-state index is 12.2. The van der Waals surface area contributed by atoms with E-state index in [1.807, 2.05) is 12.1 Å². The van der Waals surface area contributed by atoms with Gasteiger partial charge in [0.25, 0.3) is 0 Å². The van der Waals surface area contributed by atoms with Crippen LogP contribution >= 0.6 is 0 Å². The van der Waals surface area contributed by atoms with Gasteiger partial charge in [-0.25, -0.2) is 19.2 Å². The van der Waals surface area contributed by atoms with Crippen molar-refractivity contribution >= 4 is 29.5 Å². The summed E-state index contributed by atoms with van der Waals surface area (Å²) in [5.74, 6) is 1.41. The van der Waals surface area contributed by atoms with Crippen molar-refractivity contribution in [3.05, 3.63) is 180 Å². The van der Waals surface area contributed by atoms with Crippen LogP contribution in [0.15, 0.2) is 146 Å². The maximum Gasteiger partial charge on any atom is 0.338 e. The molecule has 2 aliphatic carbocycles. The lowest BCUT2D eigenvalue weighted by Gasteiger charge is -2.30. The molecule has 11 nitrogen and oxygen atoms in total. The van der Waals surface area contributed by atoms with Crippen molar-refractivity contribution in [1.82, 2.24) is 0 Å². The van der Waals surface area contributed by atoms with E-state index in [1.165, 1.54) is 73.6 Å². The number of carbonyl (C=O) groups excluding carboxylic acids is 4. The number of esters is 4. The van der Waals surface area contributed by atoms with Crippen LogP contribution in [0.4, 0.5) is 0 Å². The molecule has 0 aromatic heterocycles. The molecule has 464 valence electrons. The van der Waals surface area contributed by atoms with Gasteiger partial charge >= 0.3 is 23.9 Å². The Labute approximate surface area is 518 Å². The molecule has 1 fully saturated rings. The van der Waals surface area contributed by atoms with Crippen molar-refractivity contribution in [2.24, 2.45) is 11.3 Å². The molecular weight excluding hydrogens is 1090 g/mol. The molecule has 1 saturated carbocycles. The second-order valence-electron chi connectivity index (χ2n) is 24.0. The van der Waals surface area contributed by atoms with Gasteiger partial charge in [0.15, 0.2) is 0 Å². The Morgan fingerprint density at radius 1 is 0.506 bits per heavy atom. The lowest BCUT2D eigenvalue weighted by Crippen LogP contribution is -2.32. The van der Waals surface area contributed by atoms with Crippen LogP contribution in [0.25, 0.3) is 39.0 Å². The highest BCUT2D eigenvalue weighted by atomic mass is 16.5. The number of fused-ring (bicyclic) bond motifs is 3. The highest BCUT2D eigenvalue weighted by Crippen LogP contribution is 2.46. The maximum absolute atomic E-state index is 12.2. The Kier molecular flexibility index (Phi) is 26.4. The van der Waals surface area contributed by atoms with Gasteiger partial charge in [-0.2, -0.15) is 0 Å². The van der Waals surface area contributed by atoms with Gasteiger partial charge in [-0.05, 0) is 219 Å². The van der Waals surface area contributed by atoms with Crippen molar-refractivity contribution < 1.29 is 53.1 Å². The molecule has 0 atom stereocenters. The standard InChI is InChI=1S/C54H76O7.C22H18O4/c1-8-11-13-16-41-19-21-43(22-20-41)44-23-25-45(26-24-44)46-27-28-50(42(10-3)34-46)49-35-47(17-14-31-60-52(57)39(4)5)51(48(36-49)18-15-32-61-53(58)40(6)7)59-33-30-54(37-55,38-56)29-12-9-2;1-12(2)21(23)25-15-6-8-17-18-9-7-16(26-22(24)13(3)4)11-20(18)14(5)19(17)10-15/h23-28,34-36,41,43,55-56H,4,6,8-22,29-33,37-38H2,1-3,5,7H3;6-11H,1,3,5H2,2,4H3. The SMILES string of the molecule is C=C(C)C(=O)OCCCc1cc(-c2ccc(-c3ccc(C4CCC(CCCCC)CC4)cc3)cc2CC)cc(CCCOC(=O)C(=C)C)c1OCCC(CO)(CO)CCCC.C=C(C)C(=O)Oc1ccc2c(c1)C(=C)c1cc(OC(=O)C(=C)C)ccc1-2. The molecule has 2 N–H and O–H groups in total. The molecule has 87 heavy (non-hydrogen) atoms. The van der Waals surface area contributed by atoms with Crippen molar-refractivity contribution in [3.8, 4) is 50.6 Å². The van der Waals surface area contributed by atoms with E-state index in [0.29, 0.717) is 84.8 Å². The molecule has 2 aliphatic rings. The van der Waals surface area contributed by atoms with Gasteiger partial charge in [-0.15, -0.1) is 0 Å². The fraction of sp³-hybridized carbons (Fsp3) is 0.421. The van der Waals surface area contributed by atoms with Gasteiger partial charge in [0.1, 0.15) is 17.2 Å². The molecule has 0 saturated heterocycles. The quantitative estimate of drug-likeness (QED) is 0.0185. The molecule has 0 amide bonds. The molecule has 0 unspecified atom stereocenters. The first-order valence-electron chi connectivity index (χ1n) is 31.4. The third-order valence-electron chi connectivity index (χ3n) is 16.8. The topological polar surface area (TPSA) is 155 Å². The third-order valence-corrected chi connectivity index (χ3v) is 16.8. The number of unbranched alkanes of at least 4 members (excludes halogenated alkanes) is 3. The summed E-state index contributed by atoms with van der Waals surface area (Å²) in [6, 6.07) is 31.3. The number of rotatable bonds is 31. The van der Waals surface area contributed by atoms with E-state index in [-0.39, 0.29) is 26.4 Å². The first-order chi connectivity index (χ1) is 41.7. The molecule has 5 aromatic carbocycles. The Hall–Kier alpha value is -7.60. The van der Waals surface area contributed by atoms with Gasteiger partial charge in [-0.1, -0.05) is 147 Å². The van der Waals surface area contributed by atoms with Crippen LogP contribution in [0.5, 0.6) is 17.2 Å². The second kappa shape index (κ2) is 33.5. The van der Waals surface area contributed by atoms with Crippen molar-refractivity contribution in [1.29, 1.82) is 0 Å². The molecule has 5 aromatic rings. The number of ether oxygens (including phenoxy) is 5. The predicted octanol–water partition coefficient (Wildman–Crippen LogP) is 17.2. The largest absolute Gasteiger partial charge is 0.493 e. The number of hydrogen-bond acceptors (Lipinski definition) is 11. The number of aryl methyl sites for hydroxylation is 3. The van der Waals surface area contributed by atoms with Crippen molar-refractivity contribution in [2.45, 2.75) is 164 Å². The number of carbonyl (C=O) groups is 4. The molecule has 0 bridgehead atoms. The zero-order valence-corrected chi connectivity index (χ0v) is 53.0. The fourth-order valence-corrected chi connectivity index (χ4v) is 11.4. The summed E-state index contributed by atoms with van der Waals surface area (Å²) < 4.78 is 28.2. The highest BCUT2D eigenvalue weighted by Gasteiger charge is 2.30. The van der Waals surface area contributed by atoms with Crippen molar-refractivity contribution in [2.75, 3.05) is 33.0 Å². The Morgan fingerprint density at radius 2 is 0.989 bits per heavy atom. The van der Waals surface area contributed by atoms with E-state index in [9.17, 15) is 29.4 Å². The van der Waals surface area contributed by atoms with E-state index < -0.39 is 29.3 Å². The normalized spacial score (nSPS) is 14.1. The van der Waals surface area contributed by atoms with Crippen molar-refractivity contribution in [3.63, 3.8) is 0 Å². The Morgan fingerprint density at radius 3 is 1.46 bits per heavy atom. The fourth-order valence-electron chi connectivity index (χ4n) is 11.4. The summed E-state index contributed by atoms with van der Waals surface area (Å²) in [6.45, 7) is 32.3. The van der Waals surface area contributed by atoms with Crippen LogP contribution in [0.3, 0.4) is 0 Å². The molecule has 11 heteroatoms. The number of aliphatic hydroxyl groups is 2. The summed E-state index contributed by atoms with van der Waals surface area (Å²) in [5.41, 5.74) is 14.6. The van der Waals surface area contributed by atoms with E-state index in [1.54, 1.807) is 52.0 Å². The van der Waals surface area contributed by atoms with E-state index in [0.717, 1.165) is 81.0 Å². The van der Waals surface area contributed by atoms with Crippen LogP contribution < -0.4 is 14.2 Å². The van der Waals surface area contributed by atoms with Crippen LogP contribution in [-0.2, 0) is 47.9 Å². The first-order valence-corrected chi connectivity index (χ1v) is 31.4. The Balaban J connectivity index is 0.000000384. The smallest absolute Gasteiger partial charge is 0.338 e. The predicted molar refractivity (Wildman–Crippen MR) is 351 cm³/mol. The Bertz CT molecular complexity index is 3120. The average molecular weight is 1180 g/mol. The first kappa shape index (κ1) is 68.5. The van der Waals surface area contributed by atoms with Gasteiger partial charge < -0.3 is 33.9 Å². The van der Waals surface area contributed by atoms with Crippen LogP contribution in [0.2, 0.25) is 0 Å². The summed E-state index contributed by atoms with van der Waals surface area (Å²) in [4.78, 5) is 47.9. The zero-order valence-electron chi connectivity index (χ0n) is 53.0. The number of hydrogen-bond donors (Lipinski definition) is 2. The highest BCUT2D eigenvalue weighted by molar-refractivity contribution is 6.02. The minimum Gasteiger partial charge on any atom is -0.493 e.